The largest absolute Gasteiger partial charge is 0.481 e. The van der Waals surface area contributed by atoms with Gasteiger partial charge in [-0.3, -0.25) is 4.79 Å². The summed E-state index contributed by atoms with van der Waals surface area (Å²) >= 11 is 11.9. The first-order valence-corrected chi connectivity index (χ1v) is 7.57. The molecule has 1 unspecified atom stereocenters. The van der Waals surface area contributed by atoms with Crippen molar-refractivity contribution in [2.24, 2.45) is 0 Å². The molecule has 0 aromatic heterocycles. The zero-order chi connectivity index (χ0) is 17.0. The Bertz CT molecular complexity index is 734. The quantitative estimate of drug-likeness (QED) is 0.827. The van der Waals surface area contributed by atoms with Crippen LogP contribution in [0.2, 0.25) is 10.0 Å². The lowest BCUT2D eigenvalue weighted by atomic mass is 10.2. The van der Waals surface area contributed by atoms with Gasteiger partial charge in [-0.25, -0.2) is 0 Å². The van der Waals surface area contributed by atoms with E-state index in [4.69, 9.17) is 33.2 Å². The molecule has 0 heterocycles. The Labute approximate surface area is 144 Å². The number of carbonyl (C=O) groups excluding carboxylic acids is 1. The zero-order valence-electron chi connectivity index (χ0n) is 12.6. The lowest BCUT2D eigenvalue weighted by Gasteiger charge is -2.22. The van der Waals surface area contributed by atoms with Gasteiger partial charge in [0.15, 0.2) is 6.10 Å². The third-order valence-electron chi connectivity index (χ3n) is 3.21. The third-order valence-corrected chi connectivity index (χ3v) is 3.65. The van der Waals surface area contributed by atoms with E-state index in [1.54, 1.807) is 56.4 Å². The maximum Gasteiger partial charge on any atom is 0.267 e. The van der Waals surface area contributed by atoms with Gasteiger partial charge < -0.3 is 9.64 Å². The minimum absolute atomic E-state index is 0.243. The first kappa shape index (κ1) is 17.1. The Morgan fingerprint density at radius 3 is 2.26 bits per heavy atom. The van der Waals surface area contributed by atoms with Gasteiger partial charge in [-0.15, -0.1) is 0 Å². The molecule has 2 aromatic rings. The van der Waals surface area contributed by atoms with Crippen molar-refractivity contribution < 1.29 is 9.53 Å². The maximum absolute atomic E-state index is 12.5. The average Bonchev–Trinajstić information content (AvgIpc) is 2.53. The fraction of sp³-hybridized carbons (Fsp3) is 0.176. The van der Waals surface area contributed by atoms with Gasteiger partial charge in [0.05, 0.1) is 11.6 Å². The number of nitrogens with zero attached hydrogens (tertiary/aromatic N) is 2. The van der Waals surface area contributed by atoms with Crippen LogP contribution in [0.1, 0.15) is 12.5 Å². The normalized spacial score (nSPS) is 11.4. The number of likely N-dealkylation sites (N-methyl/N-ethyl adjacent to an activating group) is 1. The molecule has 0 N–H and O–H groups in total. The Morgan fingerprint density at radius 2 is 1.74 bits per heavy atom. The van der Waals surface area contributed by atoms with Gasteiger partial charge in [-0.05, 0) is 49.4 Å². The highest BCUT2D eigenvalue weighted by atomic mass is 35.5. The van der Waals surface area contributed by atoms with Gasteiger partial charge in [0.2, 0.25) is 0 Å². The zero-order valence-corrected chi connectivity index (χ0v) is 14.1. The number of hydrogen-bond donors (Lipinski definition) is 0. The molecular formula is C17H14Cl2N2O2. The van der Waals surface area contributed by atoms with E-state index in [9.17, 15) is 4.79 Å². The van der Waals surface area contributed by atoms with Crippen LogP contribution >= 0.6 is 23.2 Å². The van der Waals surface area contributed by atoms with Crippen LogP contribution in [0.3, 0.4) is 0 Å². The number of nitriles is 1. The van der Waals surface area contributed by atoms with E-state index in [1.807, 2.05) is 6.07 Å². The number of halogens is 2. The monoisotopic (exact) mass is 348 g/mol. The van der Waals surface area contributed by atoms with Crippen LogP contribution < -0.4 is 9.64 Å². The molecule has 0 aliphatic rings. The van der Waals surface area contributed by atoms with E-state index in [-0.39, 0.29) is 5.91 Å². The van der Waals surface area contributed by atoms with Crippen molar-refractivity contribution in [1.29, 1.82) is 5.26 Å². The average molecular weight is 349 g/mol. The van der Waals surface area contributed by atoms with Crippen molar-refractivity contribution in [2.45, 2.75) is 13.0 Å². The number of rotatable bonds is 4. The minimum Gasteiger partial charge on any atom is -0.481 e. The highest BCUT2D eigenvalue weighted by Crippen LogP contribution is 2.25. The van der Waals surface area contributed by atoms with E-state index in [2.05, 4.69) is 0 Å². The highest BCUT2D eigenvalue weighted by molar-refractivity contribution is 6.35. The SMILES string of the molecule is CC(Oc1ccc(C#N)cc1)C(=O)N(C)c1cc(Cl)cc(Cl)c1. The molecule has 2 rings (SSSR count). The molecule has 1 atom stereocenters. The predicted molar refractivity (Wildman–Crippen MR) is 91.1 cm³/mol. The molecule has 23 heavy (non-hydrogen) atoms. The van der Waals surface area contributed by atoms with Crippen molar-refractivity contribution in [2.75, 3.05) is 11.9 Å². The van der Waals surface area contributed by atoms with Gasteiger partial charge in [-0.1, -0.05) is 23.2 Å². The molecule has 0 aliphatic carbocycles. The molecule has 0 fully saturated rings. The number of anilines is 1. The van der Waals surface area contributed by atoms with E-state index < -0.39 is 6.10 Å². The predicted octanol–water partition coefficient (Wildman–Crippen LogP) is 4.30. The summed E-state index contributed by atoms with van der Waals surface area (Å²) < 4.78 is 5.61. The fourth-order valence-electron chi connectivity index (χ4n) is 2.00. The minimum atomic E-state index is -0.703. The van der Waals surface area contributed by atoms with Crippen LogP contribution in [0.15, 0.2) is 42.5 Å². The molecule has 4 nitrogen and oxygen atoms in total. The summed E-state index contributed by atoms with van der Waals surface area (Å²) in [5.41, 5.74) is 1.12. The summed E-state index contributed by atoms with van der Waals surface area (Å²) in [5, 5.41) is 9.67. The van der Waals surface area contributed by atoms with Crippen molar-refractivity contribution in [1.82, 2.24) is 0 Å². The fourth-order valence-corrected chi connectivity index (χ4v) is 2.51. The summed E-state index contributed by atoms with van der Waals surface area (Å²) in [6.07, 6.45) is -0.703. The lowest BCUT2D eigenvalue weighted by Crippen LogP contribution is -2.38. The molecule has 0 saturated carbocycles. The van der Waals surface area contributed by atoms with Gasteiger partial charge in [-0.2, -0.15) is 5.26 Å². The number of carbonyl (C=O) groups is 1. The van der Waals surface area contributed by atoms with Crippen molar-refractivity contribution in [3.63, 3.8) is 0 Å². The van der Waals surface area contributed by atoms with E-state index in [1.165, 1.54) is 4.90 Å². The molecule has 0 spiro atoms. The van der Waals surface area contributed by atoms with Crippen LogP contribution in [0.4, 0.5) is 5.69 Å². The first-order valence-electron chi connectivity index (χ1n) is 6.81. The van der Waals surface area contributed by atoms with Crippen LogP contribution in [0, 0.1) is 11.3 Å². The highest BCUT2D eigenvalue weighted by Gasteiger charge is 2.21. The van der Waals surface area contributed by atoms with E-state index in [0.717, 1.165) is 0 Å². The number of hydrogen-bond acceptors (Lipinski definition) is 3. The molecule has 118 valence electrons. The van der Waals surface area contributed by atoms with Gasteiger partial charge in [0.25, 0.3) is 5.91 Å². The smallest absolute Gasteiger partial charge is 0.267 e. The summed E-state index contributed by atoms with van der Waals surface area (Å²) in [7, 11) is 1.63. The molecule has 0 saturated heterocycles. The molecule has 0 radical (unpaired) electrons. The van der Waals surface area contributed by atoms with E-state index >= 15 is 0 Å². The Hall–Kier alpha value is -2.22. The topological polar surface area (TPSA) is 53.3 Å². The van der Waals surface area contributed by atoms with Crippen LogP contribution in [-0.2, 0) is 4.79 Å². The van der Waals surface area contributed by atoms with Crippen molar-refractivity contribution in [3.8, 4) is 11.8 Å². The van der Waals surface area contributed by atoms with Gasteiger partial charge in [0.1, 0.15) is 5.75 Å². The van der Waals surface area contributed by atoms with Crippen LogP contribution in [0.5, 0.6) is 5.75 Å². The molecule has 1 amide bonds. The Kier molecular flexibility index (Phi) is 5.49. The second kappa shape index (κ2) is 7.36. The van der Waals surface area contributed by atoms with Gasteiger partial charge >= 0.3 is 0 Å². The molecule has 2 aromatic carbocycles. The Morgan fingerprint density at radius 1 is 1.17 bits per heavy atom. The molecule has 6 heteroatoms. The third kappa shape index (κ3) is 4.38. The molecule has 0 aliphatic heterocycles. The number of ether oxygens (including phenoxy) is 1. The first-order chi connectivity index (χ1) is 10.9. The second-order valence-corrected chi connectivity index (χ2v) is 5.79. The maximum atomic E-state index is 12.5. The number of benzene rings is 2. The standard InChI is InChI=1S/C17H14Cl2N2O2/c1-11(23-16-5-3-12(10-20)4-6-16)17(22)21(2)15-8-13(18)7-14(19)9-15/h3-9,11H,1-2H3. The Balaban J connectivity index is 2.10. The van der Waals surface area contributed by atoms with Crippen LogP contribution in [0.25, 0.3) is 0 Å². The molecular weight excluding hydrogens is 335 g/mol. The summed E-state index contributed by atoms with van der Waals surface area (Å²) in [4.78, 5) is 13.9. The molecule has 0 bridgehead atoms. The number of amides is 1. The second-order valence-electron chi connectivity index (χ2n) is 4.92. The van der Waals surface area contributed by atoms with Crippen molar-refractivity contribution >= 4 is 34.8 Å². The lowest BCUT2D eigenvalue weighted by molar-refractivity contribution is -0.124. The van der Waals surface area contributed by atoms with E-state index in [0.29, 0.717) is 27.0 Å². The van der Waals surface area contributed by atoms with Crippen molar-refractivity contribution in [3.05, 3.63) is 58.1 Å². The van der Waals surface area contributed by atoms with Gasteiger partial charge in [0, 0.05) is 22.8 Å². The van der Waals surface area contributed by atoms with Crippen LogP contribution in [-0.4, -0.2) is 19.1 Å². The summed E-state index contributed by atoms with van der Waals surface area (Å²) in [5.74, 6) is 0.273. The summed E-state index contributed by atoms with van der Waals surface area (Å²) in [6.45, 7) is 1.66. The summed E-state index contributed by atoms with van der Waals surface area (Å²) in [6, 6.07) is 13.5.